The zero-order valence-corrected chi connectivity index (χ0v) is 16.4. The number of halogens is 1. The average Bonchev–Trinajstić information content (AvgIpc) is 3.12. The SMILES string of the molecule is COc1ccc(-c2nc(CC3COCCO3)n(-c3cncc(Br)c3)n2)cc1. The van der Waals surface area contributed by atoms with Crippen molar-refractivity contribution < 1.29 is 14.2 Å². The van der Waals surface area contributed by atoms with Crippen LogP contribution in [0.25, 0.3) is 17.1 Å². The fraction of sp³-hybridized carbons (Fsp3) is 0.316. The molecule has 7 nitrogen and oxygen atoms in total. The molecule has 1 aliphatic rings. The van der Waals surface area contributed by atoms with E-state index in [0.29, 0.717) is 32.1 Å². The normalized spacial score (nSPS) is 17.0. The summed E-state index contributed by atoms with van der Waals surface area (Å²) in [7, 11) is 1.65. The molecule has 27 heavy (non-hydrogen) atoms. The van der Waals surface area contributed by atoms with Gasteiger partial charge in [0.2, 0.25) is 0 Å². The van der Waals surface area contributed by atoms with Gasteiger partial charge in [0.1, 0.15) is 11.6 Å². The highest BCUT2D eigenvalue weighted by Crippen LogP contribution is 2.23. The Balaban J connectivity index is 1.71. The van der Waals surface area contributed by atoms with Crippen molar-refractivity contribution >= 4 is 15.9 Å². The zero-order chi connectivity index (χ0) is 18.6. The molecule has 0 aliphatic carbocycles. The number of ether oxygens (including phenoxy) is 3. The van der Waals surface area contributed by atoms with Crippen LogP contribution in [0.5, 0.6) is 5.75 Å². The monoisotopic (exact) mass is 430 g/mol. The molecule has 1 unspecified atom stereocenters. The van der Waals surface area contributed by atoms with E-state index >= 15 is 0 Å². The Morgan fingerprint density at radius 1 is 1.22 bits per heavy atom. The van der Waals surface area contributed by atoms with Gasteiger partial charge in [-0.15, -0.1) is 5.10 Å². The molecule has 0 saturated carbocycles. The Morgan fingerprint density at radius 2 is 2.07 bits per heavy atom. The third-order valence-corrected chi connectivity index (χ3v) is 4.69. The number of aromatic nitrogens is 4. The second kappa shape index (κ2) is 8.16. The molecule has 2 aromatic heterocycles. The summed E-state index contributed by atoms with van der Waals surface area (Å²) in [6.07, 6.45) is 4.07. The van der Waals surface area contributed by atoms with E-state index in [-0.39, 0.29) is 6.10 Å². The van der Waals surface area contributed by atoms with Gasteiger partial charge in [0, 0.05) is 22.7 Å². The first kappa shape index (κ1) is 18.1. The molecule has 1 aliphatic heterocycles. The van der Waals surface area contributed by atoms with Crippen LogP contribution in [0.3, 0.4) is 0 Å². The first-order valence-corrected chi connectivity index (χ1v) is 9.43. The molecule has 140 valence electrons. The van der Waals surface area contributed by atoms with E-state index < -0.39 is 0 Å². The molecule has 1 atom stereocenters. The van der Waals surface area contributed by atoms with Crippen molar-refractivity contribution in [3.8, 4) is 22.8 Å². The van der Waals surface area contributed by atoms with E-state index in [4.69, 9.17) is 24.3 Å². The van der Waals surface area contributed by atoms with Gasteiger partial charge < -0.3 is 14.2 Å². The average molecular weight is 431 g/mol. The summed E-state index contributed by atoms with van der Waals surface area (Å²) in [5.74, 6) is 2.24. The number of hydrogen-bond acceptors (Lipinski definition) is 6. The summed E-state index contributed by atoms with van der Waals surface area (Å²) in [5, 5.41) is 4.72. The van der Waals surface area contributed by atoms with Crippen LogP contribution in [0.2, 0.25) is 0 Å². The maximum Gasteiger partial charge on any atom is 0.181 e. The first-order valence-electron chi connectivity index (χ1n) is 8.63. The Morgan fingerprint density at radius 3 is 2.78 bits per heavy atom. The number of nitrogens with zero attached hydrogens (tertiary/aromatic N) is 4. The summed E-state index contributed by atoms with van der Waals surface area (Å²) in [6, 6.07) is 9.65. The quantitative estimate of drug-likeness (QED) is 0.619. The van der Waals surface area contributed by atoms with Gasteiger partial charge in [-0.25, -0.2) is 9.67 Å². The van der Waals surface area contributed by atoms with Gasteiger partial charge in [-0.1, -0.05) is 0 Å². The van der Waals surface area contributed by atoms with Gasteiger partial charge in [0.25, 0.3) is 0 Å². The minimum atomic E-state index is -0.0365. The van der Waals surface area contributed by atoms with Crippen LogP contribution in [0.4, 0.5) is 0 Å². The van der Waals surface area contributed by atoms with Crippen LogP contribution in [0, 0.1) is 0 Å². The van der Waals surface area contributed by atoms with Crippen LogP contribution in [-0.4, -0.2) is 52.8 Å². The van der Waals surface area contributed by atoms with Crippen molar-refractivity contribution in [3.05, 3.63) is 53.0 Å². The van der Waals surface area contributed by atoms with Crippen molar-refractivity contribution in [2.75, 3.05) is 26.9 Å². The highest BCUT2D eigenvalue weighted by atomic mass is 79.9. The van der Waals surface area contributed by atoms with E-state index in [1.165, 1.54) is 0 Å². The smallest absolute Gasteiger partial charge is 0.181 e. The first-order chi connectivity index (χ1) is 13.2. The molecule has 1 saturated heterocycles. The fourth-order valence-corrected chi connectivity index (χ4v) is 3.27. The lowest BCUT2D eigenvalue weighted by Gasteiger charge is -2.22. The molecule has 0 N–H and O–H groups in total. The van der Waals surface area contributed by atoms with E-state index in [9.17, 15) is 0 Å². The Hall–Kier alpha value is -2.29. The summed E-state index contributed by atoms with van der Waals surface area (Å²) in [5.41, 5.74) is 1.75. The van der Waals surface area contributed by atoms with Crippen molar-refractivity contribution in [1.29, 1.82) is 0 Å². The Labute approximate surface area is 165 Å². The van der Waals surface area contributed by atoms with E-state index in [2.05, 4.69) is 20.9 Å². The maximum atomic E-state index is 5.79. The van der Waals surface area contributed by atoms with Gasteiger partial charge in [-0.3, -0.25) is 4.98 Å². The zero-order valence-electron chi connectivity index (χ0n) is 14.8. The van der Waals surface area contributed by atoms with Crippen LogP contribution in [0.15, 0.2) is 47.2 Å². The predicted molar refractivity (Wildman–Crippen MR) is 103 cm³/mol. The minimum Gasteiger partial charge on any atom is -0.497 e. The third kappa shape index (κ3) is 4.18. The molecular formula is C19H19BrN4O3. The van der Waals surface area contributed by atoms with E-state index in [1.54, 1.807) is 19.5 Å². The lowest BCUT2D eigenvalue weighted by molar-refractivity contribution is -0.0879. The number of benzene rings is 1. The second-order valence-corrected chi connectivity index (χ2v) is 7.04. The van der Waals surface area contributed by atoms with Gasteiger partial charge in [0.15, 0.2) is 5.82 Å². The lowest BCUT2D eigenvalue weighted by atomic mass is 10.2. The molecule has 0 bridgehead atoms. The van der Waals surface area contributed by atoms with Crippen molar-refractivity contribution in [1.82, 2.24) is 19.7 Å². The summed E-state index contributed by atoms with van der Waals surface area (Å²) in [6.45, 7) is 1.79. The van der Waals surface area contributed by atoms with Crippen LogP contribution >= 0.6 is 15.9 Å². The molecule has 8 heteroatoms. The highest BCUT2D eigenvalue weighted by Gasteiger charge is 2.21. The molecule has 4 rings (SSSR count). The van der Waals surface area contributed by atoms with Gasteiger partial charge in [-0.05, 0) is 46.3 Å². The Bertz CT molecular complexity index is 908. The van der Waals surface area contributed by atoms with Crippen LogP contribution in [-0.2, 0) is 15.9 Å². The van der Waals surface area contributed by atoms with E-state index in [0.717, 1.165) is 27.3 Å². The van der Waals surface area contributed by atoms with Gasteiger partial charge in [0.05, 0.1) is 44.9 Å². The lowest BCUT2D eigenvalue weighted by Crippen LogP contribution is -2.31. The number of rotatable bonds is 5. The van der Waals surface area contributed by atoms with Gasteiger partial charge in [-0.2, -0.15) is 0 Å². The fourth-order valence-electron chi connectivity index (χ4n) is 2.92. The molecule has 3 heterocycles. The standard InChI is InChI=1S/C19H19BrN4O3/c1-25-16-4-2-13(3-5-16)19-22-18(9-17-12-26-6-7-27-17)24(23-19)15-8-14(20)10-21-11-15/h2-5,8,10-11,17H,6-7,9,12H2,1H3. The van der Waals surface area contributed by atoms with E-state index in [1.807, 2.05) is 35.0 Å². The van der Waals surface area contributed by atoms with Crippen molar-refractivity contribution in [2.24, 2.45) is 0 Å². The van der Waals surface area contributed by atoms with Crippen LogP contribution in [0.1, 0.15) is 5.82 Å². The molecule has 0 amide bonds. The topological polar surface area (TPSA) is 71.3 Å². The third-order valence-electron chi connectivity index (χ3n) is 4.25. The summed E-state index contributed by atoms with van der Waals surface area (Å²) in [4.78, 5) is 9.01. The minimum absolute atomic E-state index is 0.0365. The largest absolute Gasteiger partial charge is 0.497 e. The Kier molecular flexibility index (Phi) is 5.47. The molecule has 3 aromatic rings. The van der Waals surface area contributed by atoms with Crippen LogP contribution < -0.4 is 4.74 Å². The predicted octanol–water partition coefficient (Wildman–Crippen LogP) is 3.06. The maximum absolute atomic E-state index is 5.79. The molecule has 1 aromatic carbocycles. The highest BCUT2D eigenvalue weighted by molar-refractivity contribution is 9.10. The number of methoxy groups -OCH3 is 1. The number of hydrogen-bond donors (Lipinski definition) is 0. The van der Waals surface area contributed by atoms with Crippen molar-refractivity contribution in [3.63, 3.8) is 0 Å². The molecule has 0 spiro atoms. The summed E-state index contributed by atoms with van der Waals surface area (Å²) < 4.78 is 19.2. The molecule has 1 fully saturated rings. The summed E-state index contributed by atoms with van der Waals surface area (Å²) >= 11 is 3.47. The molecule has 0 radical (unpaired) electrons. The molecular weight excluding hydrogens is 412 g/mol. The van der Waals surface area contributed by atoms with Gasteiger partial charge >= 0.3 is 0 Å². The van der Waals surface area contributed by atoms with Crippen molar-refractivity contribution in [2.45, 2.75) is 12.5 Å². The second-order valence-electron chi connectivity index (χ2n) is 6.13. The number of pyridine rings is 1.